The van der Waals surface area contributed by atoms with E-state index in [0.29, 0.717) is 18.5 Å². The van der Waals surface area contributed by atoms with Gasteiger partial charge < -0.3 is 15.7 Å². The van der Waals surface area contributed by atoms with E-state index < -0.39 is 17.9 Å². The van der Waals surface area contributed by atoms with Crippen LogP contribution >= 0.6 is 11.6 Å². The number of hydrogen-bond acceptors (Lipinski definition) is 3. The molecule has 2 amide bonds. The van der Waals surface area contributed by atoms with E-state index in [1.165, 1.54) is 12.1 Å². The van der Waals surface area contributed by atoms with Gasteiger partial charge in [-0.2, -0.15) is 0 Å². The van der Waals surface area contributed by atoms with Gasteiger partial charge >= 0.3 is 5.97 Å². The highest BCUT2D eigenvalue weighted by molar-refractivity contribution is 6.34. The van der Waals surface area contributed by atoms with Crippen molar-refractivity contribution in [1.82, 2.24) is 5.32 Å². The fourth-order valence-corrected chi connectivity index (χ4v) is 2.47. The molecule has 0 saturated carbocycles. The number of rotatable bonds is 8. The Hall–Kier alpha value is -2.08. The van der Waals surface area contributed by atoms with Gasteiger partial charge in [0.15, 0.2) is 0 Å². The maximum Gasteiger partial charge on any atom is 0.326 e. The standard InChI is InChI=1S/C18H25ClN2O4/c1-5-11(4)16(18(24)25)21-17(23)13-9-12(6-7-14(13)19)20-15(22)8-10(2)3/h6-7,9-11,16H,5,8H2,1-4H3,(H,20,22)(H,21,23)(H,24,25)/t11-,16-/m0/s1. The maximum atomic E-state index is 12.4. The molecule has 0 aromatic heterocycles. The largest absolute Gasteiger partial charge is 0.480 e. The Morgan fingerprint density at radius 3 is 2.36 bits per heavy atom. The Balaban J connectivity index is 2.96. The number of hydrogen-bond donors (Lipinski definition) is 3. The molecule has 138 valence electrons. The van der Waals surface area contributed by atoms with Crippen LogP contribution in [0.4, 0.5) is 5.69 Å². The topological polar surface area (TPSA) is 95.5 Å². The Labute approximate surface area is 152 Å². The number of carbonyl (C=O) groups excluding carboxylic acids is 2. The van der Waals surface area contributed by atoms with E-state index in [1.54, 1.807) is 13.0 Å². The predicted octanol–water partition coefficient (Wildman–Crippen LogP) is 3.55. The van der Waals surface area contributed by atoms with E-state index in [4.69, 9.17) is 11.6 Å². The summed E-state index contributed by atoms with van der Waals surface area (Å²) in [5.74, 6) is -1.86. The first-order valence-electron chi connectivity index (χ1n) is 8.28. The Morgan fingerprint density at radius 1 is 1.20 bits per heavy atom. The van der Waals surface area contributed by atoms with Crippen molar-refractivity contribution in [3.05, 3.63) is 28.8 Å². The molecule has 0 aliphatic heterocycles. The van der Waals surface area contributed by atoms with Crippen molar-refractivity contribution >= 4 is 35.1 Å². The molecule has 0 fully saturated rings. The average Bonchev–Trinajstić information content (AvgIpc) is 2.52. The molecule has 0 aliphatic rings. The first-order valence-corrected chi connectivity index (χ1v) is 8.66. The van der Waals surface area contributed by atoms with Crippen LogP contribution in [0.15, 0.2) is 18.2 Å². The lowest BCUT2D eigenvalue weighted by Crippen LogP contribution is -2.45. The van der Waals surface area contributed by atoms with E-state index in [2.05, 4.69) is 10.6 Å². The van der Waals surface area contributed by atoms with Crippen molar-refractivity contribution in [3.63, 3.8) is 0 Å². The van der Waals surface area contributed by atoms with Gasteiger partial charge in [0, 0.05) is 12.1 Å². The fourth-order valence-electron chi connectivity index (χ4n) is 2.26. The van der Waals surface area contributed by atoms with E-state index in [0.717, 1.165) is 0 Å². The molecule has 0 unspecified atom stereocenters. The third kappa shape index (κ3) is 6.38. The monoisotopic (exact) mass is 368 g/mol. The second kappa shape index (κ2) is 9.42. The molecular weight excluding hydrogens is 344 g/mol. The lowest BCUT2D eigenvalue weighted by Gasteiger charge is -2.20. The number of aliphatic carboxylic acids is 1. The number of carbonyl (C=O) groups is 3. The molecule has 1 rings (SSSR count). The van der Waals surface area contributed by atoms with Crippen molar-refractivity contribution in [2.24, 2.45) is 11.8 Å². The summed E-state index contributed by atoms with van der Waals surface area (Å²) in [7, 11) is 0. The van der Waals surface area contributed by atoms with Gasteiger partial charge in [0.2, 0.25) is 5.91 Å². The summed E-state index contributed by atoms with van der Waals surface area (Å²) in [6, 6.07) is 3.54. The molecule has 25 heavy (non-hydrogen) atoms. The predicted molar refractivity (Wildman–Crippen MR) is 97.9 cm³/mol. The normalized spacial score (nSPS) is 13.2. The smallest absolute Gasteiger partial charge is 0.326 e. The van der Waals surface area contributed by atoms with Gasteiger partial charge in [0.05, 0.1) is 10.6 Å². The minimum atomic E-state index is -1.10. The Bertz CT molecular complexity index is 646. The van der Waals surface area contributed by atoms with Crippen molar-refractivity contribution < 1.29 is 19.5 Å². The van der Waals surface area contributed by atoms with Crippen LogP contribution in [-0.4, -0.2) is 28.9 Å². The van der Waals surface area contributed by atoms with Gasteiger partial charge in [-0.1, -0.05) is 45.7 Å². The number of carboxylic acids is 1. The number of halogens is 1. The van der Waals surface area contributed by atoms with E-state index in [-0.39, 0.29) is 28.3 Å². The van der Waals surface area contributed by atoms with Crippen LogP contribution in [0.5, 0.6) is 0 Å². The Kier molecular flexibility index (Phi) is 7.90. The summed E-state index contributed by atoms with van der Waals surface area (Å²) >= 11 is 6.07. The van der Waals surface area contributed by atoms with Crippen LogP contribution in [-0.2, 0) is 9.59 Å². The molecule has 6 nitrogen and oxygen atoms in total. The van der Waals surface area contributed by atoms with Crippen molar-refractivity contribution in [3.8, 4) is 0 Å². The van der Waals surface area contributed by atoms with Gasteiger partial charge in [0.1, 0.15) is 6.04 Å². The van der Waals surface area contributed by atoms with Gasteiger partial charge in [-0.25, -0.2) is 4.79 Å². The lowest BCUT2D eigenvalue weighted by atomic mass is 9.99. The number of amides is 2. The number of nitrogens with one attached hydrogen (secondary N) is 2. The van der Waals surface area contributed by atoms with Crippen molar-refractivity contribution in [2.45, 2.75) is 46.6 Å². The molecule has 0 radical (unpaired) electrons. The SMILES string of the molecule is CC[C@H](C)[C@H](NC(=O)c1cc(NC(=O)CC(C)C)ccc1Cl)C(=O)O. The molecule has 2 atom stereocenters. The van der Waals surface area contributed by atoms with Crippen molar-refractivity contribution in [2.75, 3.05) is 5.32 Å². The molecule has 0 spiro atoms. The van der Waals surface area contributed by atoms with Crippen LogP contribution in [0.1, 0.15) is 50.9 Å². The summed E-state index contributed by atoms with van der Waals surface area (Å²) < 4.78 is 0. The Morgan fingerprint density at radius 2 is 1.84 bits per heavy atom. The summed E-state index contributed by atoms with van der Waals surface area (Å²) in [6.07, 6.45) is 0.968. The van der Waals surface area contributed by atoms with Crippen LogP contribution in [0, 0.1) is 11.8 Å². The molecule has 0 aliphatic carbocycles. The second-order valence-electron chi connectivity index (χ2n) is 6.52. The number of benzene rings is 1. The van der Waals surface area contributed by atoms with Crippen LogP contribution in [0.25, 0.3) is 0 Å². The van der Waals surface area contributed by atoms with Crippen molar-refractivity contribution in [1.29, 1.82) is 0 Å². The minimum Gasteiger partial charge on any atom is -0.480 e. The number of carboxylic acid groups (broad SMARTS) is 1. The quantitative estimate of drug-likeness (QED) is 0.653. The van der Waals surface area contributed by atoms with Gasteiger partial charge in [-0.15, -0.1) is 0 Å². The van der Waals surface area contributed by atoms with Crippen LogP contribution in [0.2, 0.25) is 5.02 Å². The van der Waals surface area contributed by atoms with Crippen LogP contribution in [0.3, 0.4) is 0 Å². The fraction of sp³-hybridized carbons (Fsp3) is 0.500. The van der Waals surface area contributed by atoms with E-state index >= 15 is 0 Å². The van der Waals surface area contributed by atoms with Gasteiger partial charge in [-0.3, -0.25) is 9.59 Å². The molecule has 7 heteroatoms. The molecule has 0 heterocycles. The zero-order valence-corrected chi connectivity index (χ0v) is 15.7. The lowest BCUT2D eigenvalue weighted by molar-refractivity contribution is -0.140. The molecular formula is C18H25ClN2O4. The molecule has 3 N–H and O–H groups in total. The molecule has 1 aromatic rings. The highest BCUT2D eigenvalue weighted by atomic mass is 35.5. The van der Waals surface area contributed by atoms with Crippen LogP contribution < -0.4 is 10.6 Å². The van der Waals surface area contributed by atoms with E-state index in [1.807, 2.05) is 20.8 Å². The summed E-state index contributed by atoms with van der Waals surface area (Å²) in [5.41, 5.74) is 0.564. The molecule has 0 saturated heterocycles. The molecule has 0 bridgehead atoms. The molecule has 1 aromatic carbocycles. The first kappa shape index (κ1) is 21.0. The average molecular weight is 369 g/mol. The van der Waals surface area contributed by atoms with Gasteiger partial charge in [-0.05, 0) is 30.0 Å². The summed E-state index contributed by atoms with van der Waals surface area (Å²) in [6.45, 7) is 7.47. The first-order chi connectivity index (χ1) is 11.6. The third-order valence-electron chi connectivity index (χ3n) is 3.85. The summed E-state index contributed by atoms with van der Waals surface area (Å²) in [4.78, 5) is 35.7. The highest BCUT2D eigenvalue weighted by Crippen LogP contribution is 2.22. The zero-order valence-electron chi connectivity index (χ0n) is 14.9. The number of anilines is 1. The highest BCUT2D eigenvalue weighted by Gasteiger charge is 2.26. The van der Waals surface area contributed by atoms with E-state index in [9.17, 15) is 19.5 Å². The van der Waals surface area contributed by atoms with Gasteiger partial charge in [0.25, 0.3) is 5.91 Å². The zero-order chi connectivity index (χ0) is 19.1. The second-order valence-corrected chi connectivity index (χ2v) is 6.92. The minimum absolute atomic E-state index is 0.124. The third-order valence-corrected chi connectivity index (χ3v) is 4.18. The maximum absolute atomic E-state index is 12.4. The summed E-state index contributed by atoms with van der Waals surface area (Å²) in [5, 5.41) is 14.7.